The molecule has 0 heterocycles. The van der Waals surface area contributed by atoms with Crippen LogP contribution in [0.5, 0.6) is 5.75 Å². The number of aliphatic hydroxyl groups is 1. The maximum Gasteiger partial charge on any atom is 0.123 e. The standard InChI is InChI=1S/C15H14BrFO2/c1-19-15-5-3-2-4-10(15)8-14(18)12-9-11(17)6-7-13(12)16/h2-7,9,14,18H,8H2,1H3. The van der Waals surface area contributed by atoms with Gasteiger partial charge < -0.3 is 9.84 Å². The molecule has 19 heavy (non-hydrogen) atoms. The minimum atomic E-state index is -0.790. The molecule has 0 bridgehead atoms. The number of hydrogen-bond acceptors (Lipinski definition) is 2. The van der Waals surface area contributed by atoms with Crippen LogP contribution in [0.15, 0.2) is 46.9 Å². The molecule has 0 spiro atoms. The van der Waals surface area contributed by atoms with Crippen LogP contribution in [0, 0.1) is 5.82 Å². The Morgan fingerprint density at radius 3 is 2.74 bits per heavy atom. The van der Waals surface area contributed by atoms with E-state index < -0.39 is 6.10 Å². The highest BCUT2D eigenvalue weighted by molar-refractivity contribution is 9.10. The third-order valence-corrected chi connectivity index (χ3v) is 3.65. The first-order valence-corrected chi connectivity index (χ1v) is 6.66. The van der Waals surface area contributed by atoms with E-state index in [1.807, 2.05) is 24.3 Å². The van der Waals surface area contributed by atoms with Crippen molar-refractivity contribution in [2.75, 3.05) is 7.11 Å². The van der Waals surface area contributed by atoms with Crippen molar-refractivity contribution in [3.05, 3.63) is 63.9 Å². The van der Waals surface area contributed by atoms with Gasteiger partial charge in [0.25, 0.3) is 0 Å². The molecular weight excluding hydrogens is 311 g/mol. The van der Waals surface area contributed by atoms with Crippen LogP contribution in [0.2, 0.25) is 0 Å². The van der Waals surface area contributed by atoms with E-state index in [1.54, 1.807) is 13.2 Å². The zero-order valence-corrected chi connectivity index (χ0v) is 12.0. The predicted octanol–water partition coefficient (Wildman–Crippen LogP) is 3.87. The quantitative estimate of drug-likeness (QED) is 0.925. The number of benzene rings is 2. The molecule has 0 aliphatic rings. The van der Waals surface area contributed by atoms with Crippen molar-refractivity contribution in [2.24, 2.45) is 0 Å². The number of halogens is 2. The predicted molar refractivity (Wildman–Crippen MR) is 75.8 cm³/mol. The monoisotopic (exact) mass is 324 g/mol. The molecule has 0 saturated heterocycles. The summed E-state index contributed by atoms with van der Waals surface area (Å²) in [5, 5.41) is 10.2. The topological polar surface area (TPSA) is 29.5 Å². The smallest absolute Gasteiger partial charge is 0.123 e. The van der Waals surface area contributed by atoms with E-state index in [0.717, 1.165) is 5.56 Å². The van der Waals surface area contributed by atoms with E-state index in [1.165, 1.54) is 12.1 Å². The molecule has 2 aromatic carbocycles. The number of para-hydroxylation sites is 1. The minimum absolute atomic E-state index is 0.364. The first-order chi connectivity index (χ1) is 9.11. The van der Waals surface area contributed by atoms with Crippen molar-refractivity contribution in [2.45, 2.75) is 12.5 Å². The lowest BCUT2D eigenvalue weighted by Gasteiger charge is -2.15. The van der Waals surface area contributed by atoms with Crippen LogP contribution in [-0.4, -0.2) is 12.2 Å². The van der Waals surface area contributed by atoms with Crippen LogP contribution in [0.1, 0.15) is 17.2 Å². The molecule has 0 aromatic heterocycles. The summed E-state index contributed by atoms with van der Waals surface area (Å²) in [6.07, 6.45) is -0.423. The van der Waals surface area contributed by atoms with Crippen LogP contribution in [0.3, 0.4) is 0 Å². The molecule has 0 radical (unpaired) electrons. The van der Waals surface area contributed by atoms with Crippen molar-refractivity contribution in [3.63, 3.8) is 0 Å². The van der Waals surface area contributed by atoms with Gasteiger partial charge in [-0.1, -0.05) is 34.1 Å². The van der Waals surface area contributed by atoms with Crippen molar-refractivity contribution < 1.29 is 14.2 Å². The van der Waals surface area contributed by atoms with Crippen molar-refractivity contribution in [1.82, 2.24) is 0 Å². The van der Waals surface area contributed by atoms with Crippen molar-refractivity contribution >= 4 is 15.9 Å². The number of ether oxygens (including phenoxy) is 1. The largest absolute Gasteiger partial charge is 0.496 e. The molecule has 4 heteroatoms. The van der Waals surface area contributed by atoms with Gasteiger partial charge in [-0.15, -0.1) is 0 Å². The van der Waals surface area contributed by atoms with Gasteiger partial charge in [0, 0.05) is 10.9 Å². The summed E-state index contributed by atoms with van der Waals surface area (Å²) in [5.41, 5.74) is 1.42. The summed E-state index contributed by atoms with van der Waals surface area (Å²) >= 11 is 3.32. The molecule has 1 N–H and O–H groups in total. The third kappa shape index (κ3) is 3.33. The van der Waals surface area contributed by atoms with Crippen LogP contribution in [0.4, 0.5) is 4.39 Å². The number of rotatable bonds is 4. The lowest BCUT2D eigenvalue weighted by atomic mass is 10.0. The number of hydrogen-bond donors (Lipinski definition) is 1. The fraction of sp³-hybridized carbons (Fsp3) is 0.200. The van der Waals surface area contributed by atoms with E-state index in [9.17, 15) is 9.50 Å². The molecule has 2 aromatic rings. The van der Waals surface area contributed by atoms with Gasteiger partial charge in [0.2, 0.25) is 0 Å². The Hall–Kier alpha value is -1.39. The van der Waals surface area contributed by atoms with Crippen molar-refractivity contribution in [3.8, 4) is 5.75 Å². The van der Waals surface area contributed by atoms with Crippen LogP contribution in [-0.2, 0) is 6.42 Å². The van der Waals surface area contributed by atoms with Crippen LogP contribution in [0.25, 0.3) is 0 Å². The second kappa shape index (κ2) is 6.17. The number of aliphatic hydroxyl groups excluding tert-OH is 1. The summed E-state index contributed by atoms with van der Waals surface area (Å²) < 4.78 is 19.2. The summed E-state index contributed by atoms with van der Waals surface area (Å²) in [4.78, 5) is 0. The molecule has 1 unspecified atom stereocenters. The summed E-state index contributed by atoms with van der Waals surface area (Å²) in [6.45, 7) is 0. The van der Waals surface area contributed by atoms with Gasteiger partial charge in [-0.2, -0.15) is 0 Å². The van der Waals surface area contributed by atoms with E-state index in [4.69, 9.17) is 4.74 Å². The molecule has 0 aliphatic carbocycles. The zero-order chi connectivity index (χ0) is 13.8. The lowest BCUT2D eigenvalue weighted by Crippen LogP contribution is -2.04. The molecular formula is C15H14BrFO2. The van der Waals surface area contributed by atoms with Gasteiger partial charge in [0.05, 0.1) is 13.2 Å². The molecule has 2 nitrogen and oxygen atoms in total. The average molecular weight is 325 g/mol. The summed E-state index contributed by atoms with van der Waals surface area (Å²) in [7, 11) is 1.59. The maximum atomic E-state index is 13.2. The highest BCUT2D eigenvalue weighted by atomic mass is 79.9. The van der Waals surface area contributed by atoms with E-state index in [0.29, 0.717) is 22.2 Å². The van der Waals surface area contributed by atoms with E-state index in [2.05, 4.69) is 15.9 Å². The molecule has 0 amide bonds. The maximum absolute atomic E-state index is 13.2. The van der Waals surface area contributed by atoms with Gasteiger partial charge in [-0.25, -0.2) is 4.39 Å². The Balaban J connectivity index is 2.25. The Morgan fingerprint density at radius 1 is 1.26 bits per heavy atom. The van der Waals surface area contributed by atoms with E-state index >= 15 is 0 Å². The second-order valence-corrected chi connectivity index (χ2v) is 5.05. The van der Waals surface area contributed by atoms with Crippen molar-refractivity contribution in [1.29, 1.82) is 0 Å². The fourth-order valence-electron chi connectivity index (χ4n) is 1.96. The van der Waals surface area contributed by atoms with Crippen LogP contribution >= 0.6 is 15.9 Å². The first kappa shape index (κ1) is 14.0. The van der Waals surface area contributed by atoms with Gasteiger partial charge >= 0.3 is 0 Å². The summed E-state index contributed by atoms with van der Waals surface area (Å²) in [5.74, 6) is 0.353. The minimum Gasteiger partial charge on any atom is -0.496 e. The second-order valence-electron chi connectivity index (χ2n) is 4.20. The normalized spacial score (nSPS) is 12.2. The Labute approximate surface area is 120 Å². The molecule has 2 rings (SSSR count). The highest BCUT2D eigenvalue weighted by Gasteiger charge is 2.15. The van der Waals surface area contributed by atoms with Gasteiger partial charge in [-0.3, -0.25) is 0 Å². The first-order valence-electron chi connectivity index (χ1n) is 5.86. The van der Waals surface area contributed by atoms with Gasteiger partial charge in [0.15, 0.2) is 0 Å². The summed E-state index contributed by atoms with van der Waals surface area (Å²) in [6, 6.07) is 11.7. The molecule has 0 aliphatic heterocycles. The fourth-order valence-corrected chi connectivity index (χ4v) is 2.47. The zero-order valence-electron chi connectivity index (χ0n) is 10.4. The Kier molecular flexibility index (Phi) is 4.56. The molecule has 0 fully saturated rings. The van der Waals surface area contributed by atoms with Crippen LogP contribution < -0.4 is 4.74 Å². The average Bonchev–Trinajstić information content (AvgIpc) is 2.42. The third-order valence-electron chi connectivity index (χ3n) is 2.92. The lowest BCUT2D eigenvalue weighted by molar-refractivity contribution is 0.176. The van der Waals surface area contributed by atoms with Gasteiger partial charge in [0.1, 0.15) is 11.6 Å². The molecule has 1 atom stereocenters. The number of methoxy groups -OCH3 is 1. The van der Waals surface area contributed by atoms with Gasteiger partial charge in [-0.05, 0) is 35.4 Å². The van der Waals surface area contributed by atoms with E-state index in [-0.39, 0.29) is 5.82 Å². The SMILES string of the molecule is COc1ccccc1CC(O)c1cc(F)ccc1Br. The molecule has 0 saturated carbocycles. The highest BCUT2D eigenvalue weighted by Crippen LogP contribution is 2.29. The Bertz CT molecular complexity index is 572. The molecule has 100 valence electrons. The Morgan fingerprint density at radius 2 is 2.00 bits per heavy atom.